The third-order valence-electron chi connectivity index (χ3n) is 7.75. The predicted octanol–water partition coefficient (Wildman–Crippen LogP) is 9.50. The highest BCUT2D eigenvalue weighted by Crippen LogP contribution is 2.65. The van der Waals surface area contributed by atoms with Gasteiger partial charge in [0.1, 0.15) is 0 Å². The number of rotatable bonds is 6. The number of nitrogens with one attached hydrogen (secondary N) is 1. The van der Waals surface area contributed by atoms with Crippen LogP contribution in [-0.2, 0) is 17.9 Å². The van der Waals surface area contributed by atoms with Crippen molar-refractivity contribution in [3.8, 4) is 0 Å². The van der Waals surface area contributed by atoms with Gasteiger partial charge in [0, 0.05) is 18.7 Å². The number of amides is 2. The summed E-state index contributed by atoms with van der Waals surface area (Å²) in [6, 6.07) is 3.75. The van der Waals surface area contributed by atoms with Crippen molar-refractivity contribution in [3.63, 3.8) is 0 Å². The Hall–Kier alpha value is -3.34. The highest BCUT2D eigenvalue weighted by atomic mass is 19.4. The topological polar surface area (TPSA) is 32.3 Å². The third kappa shape index (κ3) is 5.75. The van der Waals surface area contributed by atoms with Gasteiger partial charge in [-0.1, -0.05) is 30.3 Å². The normalized spacial score (nSPS) is 21.1. The summed E-state index contributed by atoms with van der Waals surface area (Å²) in [6.45, 7) is -0.615. The summed E-state index contributed by atoms with van der Waals surface area (Å²) < 4.78 is 205. The molecule has 0 radical (unpaired) electrons. The average molecular weight is 660 g/mol. The molecule has 0 unspecified atom stereocenters. The number of carbonyl (C=O) groups excluding carboxylic acids is 1. The highest BCUT2D eigenvalue weighted by Gasteiger charge is 2.82. The molecule has 18 heteroatoms. The van der Waals surface area contributed by atoms with Gasteiger partial charge in [0.2, 0.25) is 0 Å². The lowest BCUT2D eigenvalue weighted by molar-refractivity contribution is -0.399. The minimum atomic E-state index is -7.24. The first kappa shape index (κ1) is 33.6. The van der Waals surface area contributed by atoms with Crippen LogP contribution in [0, 0.1) is 5.41 Å². The molecule has 1 saturated carbocycles. The zero-order valence-electron chi connectivity index (χ0n) is 21.7. The van der Waals surface area contributed by atoms with Gasteiger partial charge < -0.3 is 10.2 Å². The third-order valence-corrected chi connectivity index (χ3v) is 7.75. The summed E-state index contributed by atoms with van der Waals surface area (Å²) >= 11 is 0. The molecule has 2 fully saturated rings. The van der Waals surface area contributed by atoms with Gasteiger partial charge in [-0.15, -0.1) is 0 Å². The lowest BCUT2D eigenvalue weighted by Gasteiger charge is -2.43. The van der Waals surface area contributed by atoms with Crippen LogP contribution >= 0.6 is 0 Å². The standard InChI is InChI=1S/C26H19F15N2O/c27-21(28,24(35,36)25(37,38)26(39,40)41)12-20(14-4-2-1-3-5-14)11-19(6-7-19)13-43(20)18(44)42-17-9-15(22(29,30)31)8-16(10-17)23(32,33)34/h1-5,8-10H,6-7,11-13H2,(H,42,44)/t20-/m1/s1. The lowest BCUT2D eigenvalue weighted by atomic mass is 9.77. The van der Waals surface area contributed by atoms with Crippen LogP contribution in [0.2, 0.25) is 0 Å². The summed E-state index contributed by atoms with van der Waals surface area (Å²) in [4.78, 5) is 13.8. The minimum Gasteiger partial charge on any atom is -0.314 e. The largest absolute Gasteiger partial charge is 0.460 e. The first-order valence-corrected chi connectivity index (χ1v) is 12.4. The first-order chi connectivity index (χ1) is 19.8. The second-order valence-electron chi connectivity index (χ2n) is 10.9. The number of nitrogens with zero attached hydrogens (tertiary/aromatic N) is 1. The molecular formula is C26H19F15N2O. The van der Waals surface area contributed by atoms with Gasteiger partial charge in [-0.05, 0) is 48.4 Å². The van der Waals surface area contributed by atoms with Crippen molar-refractivity contribution in [3.05, 3.63) is 65.2 Å². The fourth-order valence-electron chi connectivity index (χ4n) is 5.41. The molecule has 4 rings (SSSR count). The summed E-state index contributed by atoms with van der Waals surface area (Å²) in [5, 5.41) is 1.70. The molecule has 1 aliphatic carbocycles. The van der Waals surface area contributed by atoms with Gasteiger partial charge in [0.15, 0.2) is 0 Å². The van der Waals surface area contributed by atoms with E-state index in [1.165, 1.54) is 6.07 Å². The Morgan fingerprint density at radius 2 is 1.23 bits per heavy atom. The molecular weight excluding hydrogens is 641 g/mol. The van der Waals surface area contributed by atoms with E-state index in [2.05, 4.69) is 0 Å². The zero-order chi connectivity index (χ0) is 33.4. The van der Waals surface area contributed by atoms with Gasteiger partial charge in [-0.25, -0.2) is 4.79 Å². The fourth-order valence-corrected chi connectivity index (χ4v) is 5.41. The van der Waals surface area contributed by atoms with Crippen LogP contribution in [0.4, 0.5) is 76.3 Å². The second-order valence-corrected chi connectivity index (χ2v) is 10.9. The zero-order valence-corrected chi connectivity index (χ0v) is 21.7. The van der Waals surface area contributed by atoms with E-state index in [-0.39, 0.29) is 31.0 Å². The number of anilines is 1. The number of likely N-dealkylation sites (tertiary alicyclic amines) is 1. The Kier molecular flexibility index (Phi) is 7.69. The van der Waals surface area contributed by atoms with Crippen molar-refractivity contribution in [2.75, 3.05) is 11.9 Å². The molecule has 2 aromatic rings. The molecule has 1 atom stereocenters. The molecule has 1 heterocycles. The van der Waals surface area contributed by atoms with E-state index in [0.717, 1.165) is 24.3 Å². The number of alkyl halides is 15. The molecule has 1 spiro atoms. The molecule has 1 N–H and O–H groups in total. The molecule has 44 heavy (non-hydrogen) atoms. The van der Waals surface area contributed by atoms with E-state index in [4.69, 9.17) is 0 Å². The predicted molar refractivity (Wildman–Crippen MR) is 122 cm³/mol. The van der Waals surface area contributed by atoms with Gasteiger partial charge in [0.25, 0.3) is 0 Å². The van der Waals surface area contributed by atoms with E-state index >= 15 is 8.78 Å². The molecule has 2 aliphatic rings. The quantitative estimate of drug-likeness (QED) is 0.308. The van der Waals surface area contributed by atoms with Crippen molar-refractivity contribution in [1.29, 1.82) is 0 Å². The van der Waals surface area contributed by atoms with Crippen LogP contribution in [-0.4, -0.2) is 41.4 Å². The molecule has 244 valence electrons. The molecule has 0 bridgehead atoms. The lowest BCUT2D eigenvalue weighted by Crippen LogP contribution is -2.63. The summed E-state index contributed by atoms with van der Waals surface area (Å²) in [5.74, 6) is -20.5. The van der Waals surface area contributed by atoms with Crippen LogP contribution in [0.25, 0.3) is 0 Å². The van der Waals surface area contributed by atoms with Gasteiger partial charge >= 0.3 is 42.3 Å². The van der Waals surface area contributed by atoms with E-state index in [1.54, 1.807) is 5.32 Å². The molecule has 3 nitrogen and oxygen atoms in total. The molecule has 0 aromatic heterocycles. The summed E-state index contributed by atoms with van der Waals surface area (Å²) in [5.41, 5.74) is -9.21. The number of benzene rings is 2. The fraction of sp³-hybridized carbons (Fsp3) is 0.500. The van der Waals surface area contributed by atoms with Crippen LogP contribution in [0.5, 0.6) is 0 Å². The van der Waals surface area contributed by atoms with E-state index in [1.807, 2.05) is 0 Å². The van der Waals surface area contributed by atoms with Crippen LogP contribution in [0.15, 0.2) is 48.5 Å². The van der Waals surface area contributed by atoms with Crippen molar-refractivity contribution in [1.82, 2.24) is 4.90 Å². The maximum absolute atomic E-state index is 15.2. The number of carbonyl (C=O) groups is 1. The summed E-state index contributed by atoms with van der Waals surface area (Å²) in [7, 11) is 0. The minimum absolute atomic E-state index is 0.0763. The maximum Gasteiger partial charge on any atom is 0.460 e. The maximum atomic E-state index is 15.2. The van der Waals surface area contributed by atoms with Gasteiger partial charge in [-0.2, -0.15) is 65.9 Å². The molecule has 1 saturated heterocycles. The Morgan fingerprint density at radius 1 is 0.727 bits per heavy atom. The van der Waals surface area contributed by atoms with Crippen molar-refractivity contribution in [2.45, 2.75) is 67.5 Å². The number of halogens is 15. The molecule has 1 aliphatic heterocycles. The van der Waals surface area contributed by atoms with Crippen LogP contribution in [0.3, 0.4) is 0 Å². The van der Waals surface area contributed by atoms with Gasteiger partial charge in [0.05, 0.1) is 16.7 Å². The SMILES string of the molecule is O=C(Nc1cc(C(F)(F)F)cc(C(F)(F)F)c1)N1CC2(CC2)C[C@@]1(CC(F)(F)C(F)(F)C(F)(F)C(F)(F)F)c1ccccc1. The van der Waals surface area contributed by atoms with Crippen LogP contribution in [0.1, 0.15) is 42.4 Å². The Morgan fingerprint density at radius 3 is 1.66 bits per heavy atom. The molecule has 2 amide bonds. The van der Waals surface area contributed by atoms with Crippen molar-refractivity contribution >= 4 is 11.7 Å². The van der Waals surface area contributed by atoms with Crippen molar-refractivity contribution < 1.29 is 70.7 Å². The van der Waals surface area contributed by atoms with Crippen LogP contribution < -0.4 is 5.32 Å². The number of urea groups is 1. The number of hydrogen-bond donors (Lipinski definition) is 1. The van der Waals surface area contributed by atoms with E-state index in [9.17, 15) is 61.9 Å². The second kappa shape index (κ2) is 10.1. The first-order valence-electron chi connectivity index (χ1n) is 12.4. The smallest absolute Gasteiger partial charge is 0.314 e. The van der Waals surface area contributed by atoms with E-state index in [0.29, 0.717) is 4.90 Å². The summed E-state index contributed by atoms with van der Waals surface area (Å²) in [6.07, 6.45) is -20.7. The Bertz CT molecular complexity index is 1360. The van der Waals surface area contributed by atoms with E-state index < -0.39 is 95.0 Å². The Labute approximate surface area is 238 Å². The molecule has 2 aromatic carbocycles. The van der Waals surface area contributed by atoms with Crippen molar-refractivity contribution in [2.24, 2.45) is 5.41 Å². The van der Waals surface area contributed by atoms with Gasteiger partial charge in [-0.3, -0.25) is 0 Å². The number of hydrogen-bond acceptors (Lipinski definition) is 1. The average Bonchev–Trinajstić information content (AvgIpc) is 3.55. The highest BCUT2D eigenvalue weighted by molar-refractivity contribution is 5.90. The monoisotopic (exact) mass is 660 g/mol. The Balaban J connectivity index is 1.83.